The second-order valence-electron chi connectivity index (χ2n) is 6.31. The third-order valence-corrected chi connectivity index (χ3v) is 4.33. The molecule has 2 N–H and O–H groups in total. The van der Waals surface area contributed by atoms with Crippen LogP contribution < -0.4 is 10.2 Å². The summed E-state index contributed by atoms with van der Waals surface area (Å²) in [5, 5.41) is 3.02. The molecule has 1 aliphatic heterocycles. The fraction of sp³-hybridized carbons (Fsp3) is 0.588. The Morgan fingerprint density at radius 3 is 2.60 bits per heavy atom. The molecule has 1 aliphatic rings. The molecule has 20 heavy (non-hydrogen) atoms. The van der Waals surface area contributed by atoms with Gasteiger partial charge in [-0.15, -0.1) is 0 Å². The zero-order valence-corrected chi connectivity index (χ0v) is 12.9. The maximum atomic E-state index is 12.1. The summed E-state index contributed by atoms with van der Waals surface area (Å²) < 4.78 is 0. The Morgan fingerprint density at radius 2 is 2.00 bits per heavy atom. The number of likely N-dealkylation sites (tertiary alicyclic amines) is 1. The third-order valence-electron chi connectivity index (χ3n) is 4.33. The number of carbonyl (C=O) groups is 1. The van der Waals surface area contributed by atoms with Gasteiger partial charge in [0.2, 0.25) is 0 Å². The first kappa shape index (κ1) is 15.0. The normalized spacial score (nSPS) is 22.8. The second-order valence-corrected chi connectivity index (χ2v) is 6.31. The van der Waals surface area contributed by atoms with Crippen LogP contribution in [0.15, 0.2) is 24.3 Å². The maximum Gasteiger partial charge on any atom is 0.279 e. The predicted octanol–water partition coefficient (Wildman–Crippen LogP) is 2.21. The van der Waals surface area contributed by atoms with Gasteiger partial charge in [0.05, 0.1) is 12.6 Å². The Hall–Kier alpha value is -1.35. The Kier molecular flexibility index (Phi) is 5.18. The lowest BCUT2D eigenvalue weighted by Crippen LogP contribution is -3.17. The highest BCUT2D eigenvalue weighted by Crippen LogP contribution is 2.16. The van der Waals surface area contributed by atoms with Crippen molar-refractivity contribution in [1.29, 1.82) is 0 Å². The Bertz CT molecular complexity index is 439. The van der Waals surface area contributed by atoms with Gasteiger partial charge in [0.15, 0.2) is 6.54 Å². The Morgan fingerprint density at radius 1 is 1.30 bits per heavy atom. The Labute approximate surface area is 122 Å². The van der Waals surface area contributed by atoms with E-state index in [1.54, 1.807) is 0 Å². The smallest absolute Gasteiger partial charge is 0.279 e. The summed E-state index contributed by atoms with van der Waals surface area (Å²) in [5.41, 5.74) is 2.21. The topological polar surface area (TPSA) is 33.5 Å². The quantitative estimate of drug-likeness (QED) is 0.868. The van der Waals surface area contributed by atoms with Crippen molar-refractivity contribution < 1.29 is 9.69 Å². The van der Waals surface area contributed by atoms with Crippen LogP contribution in [0.2, 0.25) is 0 Å². The summed E-state index contributed by atoms with van der Waals surface area (Å²) in [6.45, 7) is 8.32. The molecule has 0 saturated carbocycles. The fourth-order valence-electron chi connectivity index (χ4n) is 2.88. The molecule has 1 aromatic rings. The van der Waals surface area contributed by atoms with E-state index in [-0.39, 0.29) is 5.91 Å². The lowest BCUT2D eigenvalue weighted by molar-refractivity contribution is -0.920. The molecule has 1 unspecified atom stereocenters. The van der Waals surface area contributed by atoms with E-state index in [2.05, 4.69) is 38.2 Å². The molecule has 2 rings (SSSR count). The summed E-state index contributed by atoms with van der Waals surface area (Å²) in [7, 11) is 0. The van der Waals surface area contributed by atoms with Crippen molar-refractivity contribution in [1.82, 2.24) is 0 Å². The first-order valence-electron chi connectivity index (χ1n) is 7.80. The molecule has 3 heteroatoms. The zero-order chi connectivity index (χ0) is 14.5. The number of amides is 1. The van der Waals surface area contributed by atoms with E-state index >= 15 is 0 Å². The van der Waals surface area contributed by atoms with Gasteiger partial charge in [-0.3, -0.25) is 4.79 Å². The van der Waals surface area contributed by atoms with Crippen LogP contribution in [0, 0.1) is 0 Å². The number of carbonyl (C=O) groups excluding carboxylic acids is 1. The van der Waals surface area contributed by atoms with Crippen molar-refractivity contribution in [3.05, 3.63) is 29.8 Å². The molecule has 3 nitrogen and oxygen atoms in total. The van der Waals surface area contributed by atoms with E-state index in [0.29, 0.717) is 18.5 Å². The molecule has 1 amide bonds. The van der Waals surface area contributed by atoms with Gasteiger partial charge in [-0.2, -0.15) is 0 Å². The van der Waals surface area contributed by atoms with Gasteiger partial charge in [-0.1, -0.05) is 26.0 Å². The minimum absolute atomic E-state index is 0.131. The van der Waals surface area contributed by atoms with E-state index in [4.69, 9.17) is 0 Å². The zero-order valence-electron chi connectivity index (χ0n) is 12.9. The highest BCUT2D eigenvalue weighted by Gasteiger charge is 2.24. The van der Waals surface area contributed by atoms with E-state index in [9.17, 15) is 4.79 Å². The molecule has 1 saturated heterocycles. The maximum absolute atomic E-state index is 12.1. The lowest BCUT2D eigenvalue weighted by atomic mass is 10.0. The van der Waals surface area contributed by atoms with Crippen LogP contribution in [0.4, 0.5) is 5.69 Å². The van der Waals surface area contributed by atoms with Gasteiger partial charge in [0.25, 0.3) is 5.91 Å². The van der Waals surface area contributed by atoms with Crippen molar-refractivity contribution in [3.63, 3.8) is 0 Å². The molecule has 0 radical (unpaired) electrons. The van der Waals surface area contributed by atoms with E-state index in [1.165, 1.54) is 29.7 Å². The van der Waals surface area contributed by atoms with Crippen molar-refractivity contribution in [2.24, 2.45) is 0 Å². The summed E-state index contributed by atoms with van der Waals surface area (Å²) in [6, 6.07) is 8.80. The van der Waals surface area contributed by atoms with Gasteiger partial charge >= 0.3 is 0 Å². The molecule has 0 bridgehead atoms. The van der Waals surface area contributed by atoms with Crippen LogP contribution in [-0.4, -0.2) is 25.0 Å². The minimum atomic E-state index is 0.131. The Balaban J connectivity index is 1.87. The van der Waals surface area contributed by atoms with Crippen LogP contribution in [0.1, 0.15) is 51.5 Å². The molecule has 1 fully saturated rings. The number of hydrogen-bond acceptors (Lipinski definition) is 1. The van der Waals surface area contributed by atoms with Crippen molar-refractivity contribution in [2.75, 3.05) is 18.4 Å². The highest BCUT2D eigenvalue weighted by atomic mass is 16.2. The second kappa shape index (κ2) is 6.89. The lowest BCUT2D eigenvalue weighted by Gasteiger charge is -2.29. The molecule has 110 valence electrons. The van der Waals surface area contributed by atoms with E-state index in [1.807, 2.05) is 12.1 Å². The number of quaternary nitrogens is 1. The van der Waals surface area contributed by atoms with Crippen LogP contribution in [0.25, 0.3) is 0 Å². The molecule has 0 spiro atoms. The molecular weight excluding hydrogens is 248 g/mol. The van der Waals surface area contributed by atoms with Crippen LogP contribution >= 0.6 is 0 Å². The highest BCUT2D eigenvalue weighted by molar-refractivity contribution is 5.91. The molecule has 0 aromatic heterocycles. The predicted molar refractivity (Wildman–Crippen MR) is 83.2 cm³/mol. The summed E-state index contributed by atoms with van der Waals surface area (Å²) in [4.78, 5) is 13.5. The molecule has 1 aromatic carbocycles. The third kappa shape index (κ3) is 4.07. The molecule has 1 heterocycles. The minimum Gasteiger partial charge on any atom is -0.325 e. The van der Waals surface area contributed by atoms with Crippen molar-refractivity contribution in [2.45, 2.75) is 52.0 Å². The monoisotopic (exact) mass is 275 g/mol. The standard InChI is InChI=1S/C17H26N2O/c1-13(2)15-7-9-16(10-8-15)18-17(20)12-19-11-5-4-6-14(19)3/h7-10,13-14H,4-6,11-12H2,1-3H3,(H,18,20)/p+1/t14-/m0/s1. The molecular formula is C17H27N2O+. The summed E-state index contributed by atoms with van der Waals surface area (Å²) in [5.74, 6) is 0.657. The van der Waals surface area contributed by atoms with Gasteiger partial charge in [-0.25, -0.2) is 0 Å². The van der Waals surface area contributed by atoms with E-state index in [0.717, 1.165) is 12.2 Å². The summed E-state index contributed by atoms with van der Waals surface area (Å²) in [6.07, 6.45) is 3.80. The van der Waals surface area contributed by atoms with Crippen LogP contribution in [0.5, 0.6) is 0 Å². The average molecular weight is 275 g/mol. The average Bonchev–Trinajstić information content (AvgIpc) is 2.42. The number of piperidine rings is 1. The van der Waals surface area contributed by atoms with Gasteiger partial charge in [0.1, 0.15) is 0 Å². The fourth-order valence-corrected chi connectivity index (χ4v) is 2.88. The first-order chi connectivity index (χ1) is 9.56. The van der Waals surface area contributed by atoms with Crippen molar-refractivity contribution >= 4 is 11.6 Å². The number of benzene rings is 1. The largest absolute Gasteiger partial charge is 0.325 e. The van der Waals surface area contributed by atoms with E-state index < -0.39 is 0 Å². The van der Waals surface area contributed by atoms with Gasteiger partial charge in [0, 0.05) is 5.69 Å². The molecule has 2 atom stereocenters. The number of rotatable bonds is 4. The molecule has 0 aliphatic carbocycles. The van der Waals surface area contributed by atoms with Crippen LogP contribution in [0.3, 0.4) is 0 Å². The SMILES string of the molecule is CC(C)c1ccc(NC(=O)C[NH+]2CCCC[C@@H]2C)cc1. The van der Waals surface area contributed by atoms with Crippen LogP contribution in [-0.2, 0) is 4.79 Å². The van der Waals surface area contributed by atoms with Gasteiger partial charge in [-0.05, 0) is 49.8 Å². The number of nitrogens with one attached hydrogen (secondary N) is 2. The number of hydrogen-bond donors (Lipinski definition) is 2. The summed E-state index contributed by atoms with van der Waals surface area (Å²) >= 11 is 0. The number of anilines is 1. The van der Waals surface area contributed by atoms with Gasteiger partial charge < -0.3 is 10.2 Å². The van der Waals surface area contributed by atoms with Crippen molar-refractivity contribution in [3.8, 4) is 0 Å². The first-order valence-corrected chi connectivity index (χ1v) is 7.80.